The lowest BCUT2D eigenvalue weighted by molar-refractivity contribution is 0.102. The van der Waals surface area contributed by atoms with Crippen LogP contribution in [-0.2, 0) is 0 Å². The maximum atomic E-state index is 14.0. The van der Waals surface area contributed by atoms with Crippen molar-refractivity contribution < 1.29 is 13.6 Å². The van der Waals surface area contributed by atoms with Gasteiger partial charge in [0.25, 0.3) is 5.91 Å². The molecule has 0 spiro atoms. The molecule has 2 aromatic heterocycles. The van der Waals surface area contributed by atoms with Crippen LogP contribution in [0.25, 0.3) is 10.6 Å². The number of anilines is 2. The molecule has 1 aliphatic heterocycles. The molecule has 1 fully saturated rings. The van der Waals surface area contributed by atoms with Gasteiger partial charge in [0, 0.05) is 24.7 Å². The molecule has 1 N–H and O–H groups in total. The summed E-state index contributed by atoms with van der Waals surface area (Å²) in [6.07, 6.45) is 6.73. The molecule has 3 aromatic rings. The molecular formula is C20H18F2N4OS. The van der Waals surface area contributed by atoms with Crippen molar-refractivity contribution in [2.24, 2.45) is 0 Å². The zero-order valence-electron chi connectivity index (χ0n) is 15.0. The standard InChI is InChI=1S/C20H18F2N4OS/c21-13-5-4-6-14(22)18(13)20-25-16(12-28-20)19(27)24-15-11-23-8-7-17(15)26-9-2-1-3-10-26/h4-8,11-12H,1-3,9-10H2,(H,24,27). The van der Waals surface area contributed by atoms with Crippen LogP contribution >= 0.6 is 11.3 Å². The van der Waals surface area contributed by atoms with E-state index in [1.54, 1.807) is 12.4 Å². The van der Waals surface area contributed by atoms with E-state index in [-0.39, 0.29) is 16.3 Å². The Kier molecular flexibility index (Phi) is 5.29. The third-order valence-electron chi connectivity index (χ3n) is 4.66. The smallest absolute Gasteiger partial charge is 0.275 e. The highest BCUT2D eigenvalue weighted by Gasteiger charge is 2.20. The van der Waals surface area contributed by atoms with Crippen LogP contribution < -0.4 is 10.2 Å². The number of hydrogen-bond donors (Lipinski definition) is 1. The van der Waals surface area contributed by atoms with Gasteiger partial charge in [0.1, 0.15) is 22.3 Å². The van der Waals surface area contributed by atoms with Crippen LogP contribution in [0.1, 0.15) is 29.8 Å². The fourth-order valence-electron chi connectivity index (χ4n) is 3.28. The van der Waals surface area contributed by atoms with Gasteiger partial charge in [0.2, 0.25) is 0 Å². The lowest BCUT2D eigenvalue weighted by Crippen LogP contribution is -2.30. The summed E-state index contributed by atoms with van der Waals surface area (Å²) in [5.74, 6) is -1.85. The van der Waals surface area contributed by atoms with E-state index in [0.29, 0.717) is 5.69 Å². The number of nitrogens with zero attached hydrogens (tertiary/aromatic N) is 3. The number of pyridine rings is 1. The van der Waals surface area contributed by atoms with Crippen molar-refractivity contribution in [2.75, 3.05) is 23.3 Å². The van der Waals surface area contributed by atoms with Gasteiger partial charge in [-0.15, -0.1) is 11.3 Å². The first-order valence-electron chi connectivity index (χ1n) is 9.03. The zero-order valence-corrected chi connectivity index (χ0v) is 15.8. The van der Waals surface area contributed by atoms with Gasteiger partial charge >= 0.3 is 0 Å². The summed E-state index contributed by atoms with van der Waals surface area (Å²) in [6, 6.07) is 5.50. The first-order valence-corrected chi connectivity index (χ1v) is 9.91. The summed E-state index contributed by atoms with van der Waals surface area (Å²) in [5.41, 5.74) is 1.40. The lowest BCUT2D eigenvalue weighted by atomic mass is 10.1. The summed E-state index contributed by atoms with van der Waals surface area (Å²) < 4.78 is 27.9. The van der Waals surface area contributed by atoms with E-state index in [0.717, 1.165) is 43.0 Å². The number of rotatable bonds is 4. The van der Waals surface area contributed by atoms with Crippen LogP contribution in [0, 0.1) is 11.6 Å². The Morgan fingerprint density at radius 1 is 1.11 bits per heavy atom. The molecule has 144 valence electrons. The second-order valence-electron chi connectivity index (χ2n) is 6.53. The Balaban J connectivity index is 1.56. The minimum absolute atomic E-state index is 0.108. The number of aromatic nitrogens is 2. The number of benzene rings is 1. The molecule has 28 heavy (non-hydrogen) atoms. The normalized spacial score (nSPS) is 14.1. The minimum Gasteiger partial charge on any atom is -0.370 e. The van der Waals surface area contributed by atoms with Crippen LogP contribution in [-0.4, -0.2) is 29.0 Å². The van der Waals surface area contributed by atoms with Gasteiger partial charge in [-0.1, -0.05) is 6.07 Å². The average molecular weight is 400 g/mol. The number of nitrogens with one attached hydrogen (secondary N) is 1. The molecule has 0 radical (unpaired) electrons. The van der Waals surface area contributed by atoms with Crippen molar-refractivity contribution in [1.82, 2.24) is 9.97 Å². The van der Waals surface area contributed by atoms with Gasteiger partial charge in [-0.25, -0.2) is 13.8 Å². The van der Waals surface area contributed by atoms with Gasteiger partial charge in [-0.2, -0.15) is 0 Å². The highest BCUT2D eigenvalue weighted by atomic mass is 32.1. The van der Waals surface area contributed by atoms with E-state index in [9.17, 15) is 13.6 Å². The van der Waals surface area contributed by atoms with E-state index in [1.807, 2.05) is 6.07 Å². The molecule has 8 heteroatoms. The minimum atomic E-state index is -0.707. The SMILES string of the molecule is O=C(Nc1cnccc1N1CCCCC1)c1csc(-c2c(F)cccc2F)n1. The zero-order chi connectivity index (χ0) is 19.5. The number of amides is 1. The Bertz CT molecular complexity index is 981. The molecule has 0 atom stereocenters. The molecule has 0 bridgehead atoms. The summed E-state index contributed by atoms with van der Waals surface area (Å²) in [5, 5.41) is 4.45. The summed E-state index contributed by atoms with van der Waals surface area (Å²) in [4.78, 5) is 23.1. The Morgan fingerprint density at radius 2 is 1.86 bits per heavy atom. The third kappa shape index (κ3) is 3.73. The second-order valence-corrected chi connectivity index (χ2v) is 7.39. The number of carbonyl (C=O) groups is 1. The van der Waals surface area contributed by atoms with Crippen molar-refractivity contribution in [3.8, 4) is 10.6 Å². The average Bonchev–Trinajstić information content (AvgIpc) is 3.19. The predicted octanol–water partition coefficient (Wildman–Crippen LogP) is 4.73. The van der Waals surface area contributed by atoms with E-state index in [1.165, 1.54) is 30.0 Å². The molecular weight excluding hydrogens is 382 g/mol. The monoisotopic (exact) mass is 400 g/mol. The molecule has 1 saturated heterocycles. The fraction of sp³-hybridized carbons (Fsp3) is 0.250. The van der Waals surface area contributed by atoms with Gasteiger partial charge in [-0.05, 0) is 37.5 Å². The number of thiazole rings is 1. The van der Waals surface area contributed by atoms with Crippen LogP contribution in [0.2, 0.25) is 0 Å². The quantitative estimate of drug-likeness (QED) is 0.688. The van der Waals surface area contributed by atoms with Crippen molar-refractivity contribution in [1.29, 1.82) is 0 Å². The molecule has 0 aliphatic carbocycles. The van der Waals surface area contributed by atoms with Crippen LogP contribution in [0.3, 0.4) is 0 Å². The highest BCUT2D eigenvalue weighted by Crippen LogP contribution is 2.30. The largest absolute Gasteiger partial charge is 0.370 e. The van der Waals surface area contributed by atoms with Crippen LogP contribution in [0.15, 0.2) is 42.0 Å². The molecule has 0 saturated carbocycles. The van der Waals surface area contributed by atoms with Crippen molar-refractivity contribution in [2.45, 2.75) is 19.3 Å². The van der Waals surface area contributed by atoms with Gasteiger partial charge in [0.05, 0.1) is 23.1 Å². The second kappa shape index (κ2) is 8.02. The topological polar surface area (TPSA) is 58.1 Å². The van der Waals surface area contributed by atoms with Crippen molar-refractivity contribution in [3.63, 3.8) is 0 Å². The molecule has 3 heterocycles. The first kappa shape index (κ1) is 18.5. The Labute approximate surface area is 165 Å². The van der Waals surface area contributed by atoms with Crippen LogP contribution in [0.4, 0.5) is 20.2 Å². The molecule has 5 nitrogen and oxygen atoms in total. The summed E-state index contributed by atoms with van der Waals surface area (Å²) in [7, 11) is 0. The Morgan fingerprint density at radius 3 is 2.61 bits per heavy atom. The summed E-state index contributed by atoms with van der Waals surface area (Å²) >= 11 is 1.02. The molecule has 0 unspecified atom stereocenters. The molecule has 1 aromatic carbocycles. The van der Waals surface area contributed by atoms with E-state index in [4.69, 9.17) is 0 Å². The van der Waals surface area contributed by atoms with E-state index in [2.05, 4.69) is 20.2 Å². The predicted molar refractivity (Wildman–Crippen MR) is 106 cm³/mol. The van der Waals surface area contributed by atoms with Crippen molar-refractivity contribution in [3.05, 3.63) is 59.4 Å². The number of carbonyl (C=O) groups excluding carboxylic acids is 1. The molecule has 4 rings (SSSR count). The van der Waals surface area contributed by atoms with Gasteiger partial charge in [-0.3, -0.25) is 9.78 Å². The number of halogens is 2. The summed E-state index contributed by atoms with van der Waals surface area (Å²) in [6.45, 7) is 1.86. The van der Waals surface area contributed by atoms with Gasteiger partial charge in [0.15, 0.2) is 0 Å². The van der Waals surface area contributed by atoms with E-state index < -0.39 is 17.5 Å². The van der Waals surface area contributed by atoms with Crippen LogP contribution in [0.5, 0.6) is 0 Å². The van der Waals surface area contributed by atoms with Gasteiger partial charge < -0.3 is 10.2 Å². The highest BCUT2D eigenvalue weighted by molar-refractivity contribution is 7.13. The maximum absolute atomic E-state index is 14.0. The molecule has 1 aliphatic rings. The van der Waals surface area contributed by atoms with E-state index >= 15 is 0 Å². The fourth-order valence-corrected chi connectivity index (χ4v) is 4.12. The lowest BCUT2D eigenvalue weighted by Gasteiger charge is -2.30. The van der Waals surface area contributed by atoms with Crippen molar-refractivity contribution >= 4 is 28.6 Å². The first-order chi connectivity index (χ1) is 13.6. The third-order valence-corrected chi connectivity index (χ3v) is 5.52. The maximum Gasteiger partial charge on any atom is 0.275 e. The Hall–Kier alpha value is -2.87. The molecule has 1 amide bonds. The number of hydrogen-bond acceptors (Lipinski definition) is 5. The number of piperidine rings is 1.